The Balaban J connectivity index is 2.22. The number of halogens is 1. The number of hydrogen-bond donors (Lipinski definition) is 0. The summed E-state index contributed by atoms with van der Waals surface area (Å²) in [5.74, 6) is -1.20. The lowest BCUT2D eigenvalue weighted by Gasteiger charge is -2.16. The van der Waals surface area contributed by atoms with Crippen LogP contribution in [-0.2, 0) is 4.79 Å². The van der Waals surface area contributed by atoms with Gasteiger partial charge >= 0.3 is 0 Å². The predicted octanol–water partition coefficient (Wildman–Crippen LogP) is 4.17. The zero-order valence-corrected chi connectivity index (χ0v) is 15.9. The van der Waals surface area contributed by atoms with Crippen molar-refractivity contribution in [3.8, 4) is 28.5 Å². The average Bonchev–Trinajstić information content (AvgIpc) is 2.68. The lowest BCUT2D eigenvalue weighted by Crippen LogP contribution is -2.31. The van der Waals surface area contributed by atoms with Gasteiger partial charge in [0.2, 0.25) is 0 Å². The second-order valence-electron chi connectivity index (χ2n) is 5.80. The van der Waals surface area contributed by atoms with Crippen LogP contribution in [0.2, 0.25) is 5.02 Å². The van der Waals surface area contributed by atoms with Gasteiger partial charge in [-0.05, 0) is 30.7 Å². The second-order valence-corrected chi connectivity index (χ2v) is 7.56. The van der Waals surface area contributed by atoms with Crippen molar-refractivity contribution in [3.63, 3.8) is 0 Å². The van der Waals surface area contributed by atoms with Gasteiger partial charge in [-0.15, -0.1) is 0 Å². The fourth-order valence-corrected chi connectivity index (χ4v) is 3.53. The molecule has 1 aromatic heterocycles. The maximum Gasteiger partial charge on any atom is 0.116 e. The first-order chi connectivity index (χ1) is 13.0. The minimum absolute atomic E-state index is 0.329. The van der Waals surface area contributed by atoms with E-state index in [1.165, 1.54) is 6.92 Å². The summed E-state index contributed by atoms with van der Waals surface area (Å²) in [6.45, 7) is 1.51. The number of carbonyl (C=O) groups is 1. The second kappa shape index (κ2) is 8.26. The van der Waals surface area contributed by atoms with Gasteiger partial charge < -0.3 is 9.90 Å². The lowest BCUT2D eigenvalue weighted by atomic mass is 9.99. The molecule has 1 heterocycles. The molecule has 134 valence electrons. The SMILES string of the molecule is C[C@H](Sc1nc(-c2ccccc2)cc(-c2ccc(Cl)cc2)c1C#N)C(=O)[O-]. The summed E-state index contributed by atoms with van der Waals surface area (Å²) in [6.07, 6.45) is 0. The number of thioether (sulfide) groups is 1. The van der Waals surface area contributed by atoms with Crippen LogP contribution in [0, 0.1) is 11.3 Å². The van der Waals surface area contributed by atoms with Crippen LogP contribution >= 0.6 is 23.4 Å². The van der Waals surface area contributed by atoms with Crippen LogP contribution in [0.1, 0.15) is 12.5 Å². The topological polar surface area (TPSA) is 76.8 Å². The van der Waals surface area contributed by atoms with E-state index in [1.54, 1.807) is 12.1 Å². The molecule has 0 aliphatic heterocycles. The Morgan fingerprint density at radius 3 is 2.41 bits per heavy atom. The molecule has 6 heteroatoms. The number of rotatable bonds is 5. The maximum absolute atomic E-state index is 11.2. The molecule has 0 aliphatic carbocycles. The molecule has 0 saturated carbocycles. The maximum atomic E-state index is 11.2. The molecule has 0 unspecified atom stereocenters. The average molecular weight is 394 g/mol. The Hall–Kier alpha value is -2.81. The van der Waals surface area contributed by atoms with E-state index in [9.17, 15) is 15.2 Å². The molecule has 4 nitrogen and oxygen atoms in total. The number of aromatic nitrogens is 1. The fraction of sp³-hybridized carbons (Fsp3) is 0.0952. The lowest BCUT2D eigenvalue weighted by molar-refractivity contribution is -0.304. The van der Waals surface area contributed by atoms with Gasteiger partial charge in [-0.25, -0.2) is 4.98 Å². The third-order valence-electron chi connectivity index (χ3n) is 3.94. The zero-order chi connectivity index (χ0) is 19.4. The first kappa shape index (κ1) is 19.0. The number of pyridine rings is 1. The minimum atomic E-state index is -1.20. The van der Waals surface area contributed by atoms with Gasteiger partial charge in [0.25, 0.3) is 0 Å². The number of carbonyl (C=O) groups excluding carboxylic acids is 1. The van der Waals surface area contributed by atoms with E-state index in [-0.39, 0.29) is 0 Å². The van der Waals surface area contributed by atoms with Crippen LogP contribution in [0.25, 0.3) is 22.4 Å². The van der Waals surface area contributed by atoms with Crippen molar-refractivity contribution in [2.45, 2.75) is 17.2 Å². The standard InChI is InChI=1S/C21H15ClN2O2S/c1-13(21(25)26)27-20-18(12-23)17(14-7-9-16(22)10-8-14)11-19(24-20)15-5-3-2-4-6-15/h2-11,13H,1H3,(H,25,26)/p-1/t13-/m0/s1. The third kappa shape index (κ3) is 4.30. The highest BCUT2D eigenvalue weighted by atomic mass is 35.5. The van der Waals surface area contributed by atoms with E-state index in [1.807, 2.05) is 48.5 Å². The van der Waals surface area contributed by atoms with Gasteiger partial charge in [0.15, 0.2) is 0 Å². The largest absolute Gasteiger partial charge is 0.549 e. The number of aliphatic carboxylic acids is 1. The number of benzene rings is 2. The normalized spacial score (nSPS) is 11.6. The molecule has 0 saturated heterocycles. The van der Waals surface area contributed by atoms with E-state index < -0.39 is 11.2 Å². The molecule has 1 atom stereocenters. The summed E-state index contributed by atoms with van der Waals surface area (Å²) in [5, 5.41) is 21.0. The highest BCUT2D eigenvalue weighted by Gasteiger charge is 2.18. The summed E-state index contributed by atoms with van der Waals surface area (Å²) in [7, 11) is 0. The quantitative estimate of drug-likeness (QED) is 0.608. The summed E-state index contributed by atoms with van der Waals surface area (Å²) in [6, 6.07) is 20.7. The molecule has 3 rings (SSSR count). The van der Waals surface area contributed by atoms with Crippen LogP contribution < -0.4 is 5.11 Å². The van der Waals surface area contributed by atoms with Crippen LogP contribution in [-0.4, -0.2) is 16.2 Å². The number of nitrogens with zero attached hydrogens (tertiary/aromatic N) is 2. The first-order valence-electron chi connectivity index (χ1n) is 8.13. The van der Waals surface area contributed by atoms with Crippen molar-refractivity contribution in [2.24, 2.45) is 0 Å². The molecule has 0 amide bonds. The van der Waals surface area contributed by atoms with Crippen LogP contribution in [0.4, 0.5) is 0 Å². The molecule has 0 spiro atoms. The van der Waals surface area contributed by atoms with Gasteiger partial charge in [0.1, 0.15) is 11.1 Å². The van der Waals surface area contributed by atoms with Crippen molar-refractivity contribution < 1.29 is 9.90 Å². The van der Waals surface area contributed by atoms with Crippen molar-refractivity contribution >= 4 is 29.3 Å². The van der Waals surface area contributed by atoms with E-state index >= 15 is 0 Å². The van der Waals surface area contributed by atoms with Crippen LogP contribution in [0.15, 0.2) is 65.7 Å². The van der Waals surface area contributed by atoms with Crippen molar-refractivity contribution in [3.05, 3.63) is 71.2 Å². The van der Waals surface area contributed by atoms with Crippen molar-refractivity contribution in [1.29, 1.82) is 5.26 Å². The molecule has 27 heavy (non-hydrogen) atoms. The Kier molecular flexibility index (Phi) is 5.80. The van der Waals surface area contributed by atoms with Gasteiger partial charge in [0.05, 0.1) is 17.2 Å². The molecule has 0 aliphatic rings. The number of carboxylic acid groups (broad SMARTS) is 1. The Morgan fingerprint density at radius 2 is 1.81 bits per heavy atom. The van der Waals surface area contributed by atoms with Crippen molar-refractivity contribution in [2.75, 3.05) is 0 Å². The number of nitriles is 1. The minimum Gasteiger partial charge on any atom is -0.549 e. The molecular formula is C21H14ClN2O2S-. The Bertz CT molecular complexity index is 1010. The van der Waals surface area contributed by atoms with Gasteiger partial charge in [-0.1, -0.05) is 65.8 Å². The van der Waals surface area contributed by atoms with E-state index in [0.29, 0.717) is 26.9 Å². The van der Waals surface area contributed by atoms with E-state index in [0.717, 1.165) is 22.9 Å². The Labute approximate surface area is 166 Å². The highest BCUT2D eigenvalue weighted by molar-refractivity contribution is 8.00. The van der Waals surface area contributed by atoms with Gasteiger partial charge in [-0.2, -0.15) is 5.26 Å². The van der Waals surface area contributed by atoms with E-state index in [2.05, 4.69) is 11.1 Å². The smallest absolute Gasteiger partial charge is 0.116 e. The molecule has 2 aromatic carbocycles. The summed E-state index contributed by atoms with van der Waals surface area (Å²) >= 11 is 6.98. The van der Waals surface area contributed by atoms with Crippen LogP contribution in [0.3, 0.4) is 0 Å². The molecule has 0 radical (unpaired) electrons. The third-order valence-corrected chi connectivity index (χ3v) is 5.26. The summed E-state index contributed by atoms with van der Waals surface area (Å²) in [5.41, 5.74) is 3.34. The Morgan fingerprint density at radius 1 is 1.15 bits per heavy atom. The zero-order valence-electron chi connectivity index (χ0n) is 14.3. The highest BCUT2D eigenvalue weighted by Crippen LogP contribution is 2.35. The monoisotopic (exact) mass is 393 g/mol. The van der Waals surface area contributed by atoms with Gasteiger partial charge in [0, 0.05) is 21.4 Å². The molecule has 0 N–H and O–H groups in total. The predicted molar refractivity (Wildman–Crippen MR) is 105 cm³/mol. The van der Waals surface area contributed by atoms with E-state index in [4.69, 9.17) is 11.6 Å². The number of carboxylic acids is 1. The van der Waals surface area contributed by atoms with Crippen molar-refractivity contribution in [1.82, 2.24) is 4.98 Å². The fourth-order valence-electron chi connectivity index (χ4n) is 2.54. The summed E-state index contributed by atoms with van der Waals surface area (Å²) < 4.78 is 0. The van der Waals surface area contributed by atoms with Crippen LogP contribution in [0.5, 0.6) is 0 Å². The van der Waals surface area contributed by atoms with Gasteiger partial charge in [-0.3, -0.25) is 0 Å². The molecule has 0 fully saturated rings. The molecular weight excluding hydrogens is 380 g/mol. The molecule has 0 bridgehead atoms. The first-order valence-corrected chi connectivity index (χ1v) is 9.39. The summed E-state index contributed by atoms with van der Waals surface area (Å²) in [4.78, 5) is 15.8. The number of hydrogen-bond acceptors (Lipinski definition) is 5. The molecule has 3 aromatic rings.